The number of carbonyl (C=O) groups is 1. The number of fused-ring (bicyclic) bond motifs is 2. The van der Waals surface area contributed by atoms with Crippen LogP contribution in [0.2, 0.25) is 0 Å². The number of H-pyrrole nitrogens is 1. The molecule has 1 saturated heterocycles. The molecule has 4 rings (SSSR count). The maximum atomic E-state index is 12.1. The van der Waals surface area contributed by atoms with E-state index >= 15 is 0 Å². The minimum absolute atomic E-state index is 0.00616. The average Bonchev–Trinajstić information content (AvgIpc) is 3.01. The number of amides is 1. The number of benzene rings is 1. The monoisotopic (exact) mass is 389 g/mol. The van der Waals surface area contributed by atoms with Crippen LogP contribution in [0.3, 0.4) is 0 Å². The standard InChI is InChI=1S/C16H12IN3O/c17-15-11-6-5-9(8-14(11)19-20-15)7-12-10-3-1-2-4-13(10)18-16(12)21/h1-2,4-8,10H,3H2,(H,18,21)(H,19,20)/b12-7+. The van der Waals surface area contributed by atoms with Crippen molar-refractivity contribution in [1.82, 2.24) is 15.5 Å². The molecule has 5 heteroatoms. The quantitative estimate of drug-likeness (QED) is 0.582. The Hall–Kier alpha value is -1.89. The highest BCUT2D eigenvalue weighted by atomic mass is 127. The summed E-state index contributed by atoms with van der Waals surface area (Å²) >= 11 is 2.23. The predicted octanol–water partition coefficient (Wildman–Crippen LogP) is 3.14. The largest absolute Gasteiger partial charge is 0.325 e. The molecule has 21 heavy (non-hydrogen) atoms. The van der Waals surface area contributed by atoms with Crippen molar-refractivity contribution in [3.05, 3.63) is 57.0 Å². The Bertz CT molecular complexity index is 844. The summed E-state index contributed by atoms with van der Waals surface area (Å²) in [6.45, 7) is 0. The maximum absolute atomic E-state index is 12.1. The Kier molecular flexibility index (Phi) is 2.95. The lowest BCUT2D eigenvalue weighted by Crippen LogP contribution is -2.13. The van der Waals surface area contributed by atoms with Crippen LogP contribution in [-0.2, 0) is 4.79 Å². The van der Waals surface area contributed by atoms with Gasteiger partial charge in [-0.3, -0.25) is 9.89 Å². The van der Waals surface area contributed by atoms with Crippen molar-refractivity contribution >= 4 is 45.5 Å². The summed E-state index contributed by atoms with van der Waals surface area (Å²) in [6, 6.07) is 6.08. The molecule has 1 aromatic carbocycles. The fourth-order valence-corrected chi connectivity index (χ4v) is 3.42. The predicted molar refractivity (Wildman–Crippen MR) is 90.3 cm³/mol. The number of hydrogen-bond donors (Lipinski definition) is 2. The smallest absolute Gasteiger partial charge is 0.252 e. The number of aromatic amines is 1. The summed E-state index contributed by atoms with van der Waals surface area (Å²) < 4.78 is 1.03. The van der Waals surface area contributed by atoms with Gasteiger partial charge in [-0.15, -0.1) is 0 Å². The van der Waals surface area contributed by atoms with Gasteiger partial charge in [0.15, 0.2) is 0 Å². The lowest BCUT2D eigenvalue weighted by molar-refractivity contribution is -0.115. The highest BCUT2D eigenvalue weighted by molar-refractivity contribution is 14.1. The number of carbonyl (C=O) groups excluding carboxylic acids is 1. The SMILES string of the molecule is O=C1NC2=CC=CCC2/C1=C\c1ccc2c(I)[nH]nc2c1. The number of allylic oxidation sites excluding steroid dienone is 4. The zero-order valence-corrected chi connectivity index (χ0v) is 13.2. The van der Waals surface area contributed by atoms with Crippen molar-refractivity contribution in [1.29, 1.82) is 0 Å². The summed E-state index contributed by atoms with van der Waals surface area (Å²) in [5, 5.41) is 11.3. The van der Waals surface area contributed by atoms with Crippen LogP contribution in [0.15, 0.2) is 47.7 Å². The fraction of sp³-hybridized carbons (Fsp3) is 0.125. The number of nitrogens with zero attached hydrogens (tertiary/aromatic N) is 1. The Morgan fingerprint density at radius 2 is 2.29 bits per heavy atom. The van der Waals surface area contributed by atoms with E-state index in [0.29, 0.717) is 0 Å². The van der Waals surface area contributed by atoms with Gasteiger partial charge >= 0.3 is 0 Å². The van der Waals surface area contributed by atoms with E-state index < -0.39 is 0 Å². The molecule has 1 atom stereocenters. The molecule has 1 unspecified atom stereocenters. The van der Waals surface area contributed by atoms with Crippen LogP contribution in [0.25, 0.3) is 17.0 Å². The van der Waals surface area contributed by atoms with E-state index in [1.165, 1.54) is 0 Å². The first-order chi connectivity index (χ1) is 10.2. The van der Waals surface area contributed by atoms with E-state index in [-0.39, 0.29) is 11.8 Å². The van der Waals surface area contributed by atoms with Crippen molar-refractivity contribution in [2.24, 2.45) is 5.92 Å². The summed E-state index contributed by atoms with van der Waals surface area (Å²) in [4.78, 5) is 12.1. The first-order valence-corrected chi connectivity index (χ1v) is 7.83. The lowest BCUT2D eigenvalue weighted by atomic mass is 9.91. The molecule has 4 nitrogen and oxygen atoms in total. The van der Waals surface area contributed by atoms with Gasteiger partial charge in [-0.25, -0.2) is 0 Å². The van der Waals surface area contributed by atoms with Crippen molar-refractivity contribution in [3.8, 4) is 0 Å². The van der Waals surface area contributed by atoms with Gasteiger partial charge in [0.1, 0.15) is 3.70 Å². The van der Waals surface area contributed by atoms with Crippen molar-refractivity contribution < 1.29 is 4.79 Å². The first kappa shape index (κ1) is 12.8. The molecule has 1 amide bonds. The van der Waals surface area contributed by atoms with Crippen LogP contribution in [0.4, 0.5) is 0 Å². The third-order valence-corrected chi connectivity index (χ3v) is 4.73. The van der Waals surface area contributed by atoms with E-state index in [4.69, 9.17) is 0 Å². The van der Waals surface area contributed by atoms with Crippen molar-refractivity contribution in [2.45, 2.75) is 6.42 Å². The van der Waals surface area contributed by atoms with Crippen LogP contribution in [0.1, 0.15) is 12.0 Å². The highest BCUT2D eigenvalue weighted by Gasteiger charge is 2.32. The van der Waals surface area contributed by atoms with E-state index in [9.17, 15) is 4.79 Å². The maximum Gasteiger partial charge on any atom is 0.252 e. The van der Waals surface area contributed by atoms with Crippen LogP contribution < -0.4 is 5.32 Å². The molecule has 104 valence electrons. The van der Waals surface area contributed by atoms with Gasteiger partial charge in [-0.1, -0.05) is 18.2 Å². The molecule has 0 spiro atoms. The van der Waals surface area contributed by atoms with Crippen LogP contribution in [-0.4, -0.2) is 16.1 Å². The summed E-state index contributed by atoms with van der Waals surface area (Å²) in [5.41, 5.74) is 3.76. The van der Waals surface area contributed by atoms with Crippen LogP contribution in [0.5, 0.6) is 0 Å². The molecule has 1 aliphatic carbocycles. The van der Waals surface area contributed by atoms with Gasteiger partial charge in [-0.05, 0) is 58.9 Å². The molecule has 2 aliphatic rings. The normalized spacial score (nSPS) is 22.5. The second-order valence-electron chi connectivity index (χ2n) is 5.21. The Balaban J connectivity index is 1.76. The molecular formula is C16H12IN3O. The summed E-state index contributed by atoms with van der Waals surface area (Å²) in [6.07, 6.45) is 8.92. The van der Waals surface area contributed by atoms with E-state index in [2.05, 4.69) is 44.2 Å². The minimum atomic E-state index is 0.00616. The average molecular weight is 389 g/mol. The molecule has 2 aromatic rings. The van der Waals surface area contributed by atoms with Gasteiger partial charge in [-0.2, -0.15) is 5.10 Å². The zero-order valence-electron chi connectivity index (χ0n) is 11.1. The van der Waals surface area contributed by atoms with E-state index in [1.54, 1.807) is 0 Å². The Labute approximate surface area is 135 Å². The van der Waals surface area contributed by atoms with Gasteiger partial charge in [0.05, 0.1) is 5.52 Å². The number of halogens is 1. The third kappa shape index (κ3) is 2.12. The summed E-state index contributed by atoms with van der Waals surface area (Å²) in [5.74, 6) is 0.171. The number of hydrogen-bond acceptors (Lipinski definition) is 2. The Morgan fingerprint density at radius 3 is 3.19 bits per heavy atom. The Morgan fingerprint density at radius 1 is 1.38 bits per heavy atom. The molecule has 0 radical (unpaired) electrons. The fourth-order valence-electron chi connectivity index (χ4n) is 2.85. The number of aromatic nitrogens is 2. The van der Waals surface area contributed by atoms with Crippen molar-refractivity contribution in [3.63, 3.8) is 0 Å². The molecular weight excluding hydrogens is 377 g/mol. The lowest BCUT2D eigenvalue weighted by Gasteiger charge is -2.11. The van der Waals surface area contributed by atoms with Crippen LogP contribution >= 0.6 is 22.6 Å². The zero-order chi connectivity index (χ0) is 14.4. The number of nitrogens with one attached hydrogen (secondary N) is 2. The van der Waals surface area contributed by atoms with Gasteiger partial charge < -0.3 is 5.32 Å². The molecule has 1 aliphatic heterocycles. The molecule has 2 N–H and O–H groups in total. The summed E-state index contributed by atoms with van der Waals surface area (Å²) in [7, 11) is 0. The van der Waals surface area contributed by atoms with Gasteiger partial charge in [0, 0.05) is 22.6 Å². The van der Waals surface area contributed by atoms with Gasteiger partial charge in [0.25, 0.3) is 5.91 Å². The molecule has 1 aromatic heterocycles. The molecule has 2 heterocycles. The second kappa shape index (κ2) is 4.84. The minimum Gasteiger partial charge on any atom is -0.325 e. The topological polar surface area (TPSA) is 57.8 Å². The molecule has 0 saturated carbocycles. The van der Waals surface area contributed by atoms with Crippen molar-refractivity contribution in [2.75, 3.05) is 0 Å². The second-order valence-corrected chi connectivity index (χ2v) is 6.29. The highest BCUT2D eigenvalue weighted by Crippen LogP contribution is 2.33. The van der Waals surface area contributed by atoms with E-state index in [0.717, 1.165) is 37.9 Å². The van der Waals surface area contributed by atoms with Crippen LogP contribution in [0, 0.1) is 9.62 Å². The first-order valence-electron chi connectivity index (χ1n) is 6.75. The van der Waals surface area contributed by atoms with E-state index in [1.807, 2.05) is 36.4 Å². The number of rotatable bonds is 1. The molecule has 0 bridgehead atoms. The third-order valence-electron chi connectivity index (χ3n) is 3.91. The molecule has 1 fully saturated rings. The van der Waals surface area contributed by atoms with Gasteiger partial charge in [0.2, 0.25) is 0 Å².